The van der Waals surface area contributed by atoms with Crippen molar-refractivity contribution in [3.05, 3.63) is 63.2 Å². The first-order valence-electron chi connectivity index (χ1n) is 6.78. The molecule has 0 atom stereocenters. The molecule has 0 spiro atoms. The van der Waals surface area contributed by atoms with Crippen molar-refractivity contribution in [2.75, 3.05) is 4.72 Å². The zero-order valence-corrected chi connectivity index (χ0v) is 14.8. The summed E-state index contributed by atoms with van der Waals surface area (Å²) in [6.45, 7) is 0. The van der Waals surface area contributed by atoms with Gasteiger partial charge in [-0.05, 0) is 30.3 Å². The lowest BCUT2D eigenvalue weighted by Crippen LogP contribution is -2.18. The molecule has 124 valence electrons. The number of hydrogen-bond donors (Lipinski definition) is 1. The van der Waals surface area contributed by atoms with Gasteiger partial charge in [-0.15, -0.1) is 11.3 Å². The smallest absolute Gasteiger partial charge is 0.271 e. The van der Waals surface area contributed by atoms with E-state index in [9.17, 15) is 13.2 Å². The van der Waals surface area contributed by atoms with Gasteiger partial charge in [-0.25, -0.2) is 13.1 Å². The molecular weight excluding hydrogens is 370 g/mol. The van der Waals surface area contributed by atoms with Crippen LogP contribution in [0.3, 0.4) is 0 Å². The Labute approximate surface area is 147 Å². The number of nitrogens with zero attached hydrogens (tertiary/aromatic N) is 2. The number of hydrogen-bond acceptors (Lipinski definition) is 5. The number of thiophene rings is 1. The number of rotatable bonds is 4. The van der Waals surface area contributed by atoms with Gasteiger partial charge in [0.25, 0.3) is 15.6 Å². The Kier molecular flexibility index (Phi) is 4.44. The van der Waals surface area contributed by atoms with Gasteiger partial charge in [0.05, 0.1) is 10.0 Å². The molecule has 0 bridgehead atoms. The van der Waals surface area contributed by atoms with Gasteiger partial charge < -0.3 is 0 Å². The Morgan fingerprint density at radius 3 is 2.62 bits per heavy atom. The highest BCUT2D eigenvalue weighted by molar-refractivity contribution is 7.94. The van der Waals surface area contributed by atoms with E-state index in [0.717, 1.165) is 11.3 Å². The van der Waals surface area contributed by atoms with Gasteiger partial charge in [-0.3, -0.25) is 9.52 Å². The quantitative estimate of drug-likeness (QED) is 0.753. The maximum Gasteiger partial charge on any atom is 0.271 e. The molecular formula is C15H12ClN3O3S2. The molecule has 2 aromatic heterocycles. The maximum atomic E-state index is 12.3. The van der Waals surface area contributed by atoms with E-state index in [0.29, 0.717) is 21.3 Å². The molecule has 3 rings (SSSR count). The Bertz CT molecular complexity index is 1060. The van der Waals surface area contributed by atoms with Gasteiger partial charge in [0.2, 0.25) is 0 Å². The van der Waals surface area contributed by atoms with Gasteiger partial charge in [0, 0.05) is 24.4 Å². The monoisotopic (exact) mass is 381 g/mol. The lowest BCUT2D eigenvalue weighted by molar-refractivity contribution is 0.603. The SMILES string of the molecule is Cn1nc(-c2cccc(NS(=O)(=O)c3ccc(Cl)s3)c2)ccc1=O. The fraction of sp³-hybridized carbons (Fsp3) is 0.0667. The van der Waals surface area contributed by atoms with Gasteiger partial charge in [-0.1, -0.05) is 23.7 Å². The van der Waals surface area contributed by atoms with Crippen LogP contribution in [0.15, 0.2) is 57.5 Å². The minimum atomic E-state index is -3.70. The molecule has 0 aliphatic carbocycles. The second kappa shape index (κ2) is 6.39. The second-order valence-corrected chi connectivity index (χ2v) is 8.55. The van der Waals surface area contributed by atoms with Gasteiger partial charge in [-0.2, -0.15) is 5.10 Å². The van der Waals surface area contributed by atoms with Crippen molar-refractivity contribution in [1.82, 2.24) is 9.78 Å². The number of benzene rings is 1. The summed E-state index contributed by atoms with van der Waals surface area (Å²) in [5, 5.41) is 4.15. The highest BCUT2D eigenvalue weighted by Gasteiger charge is 2.17. The van der Waals surface area contributed by atoms with E-state index in [4.69, 9.17) is 11.6 Å². The molecule has 0 fully saturated rings. The lowest BCUT2D eigenvalue weighted by atomic mass is 10.1. The van der Waals surface area contributed by atoms with E-state index in [-0.39, 0.29) is 9.77 Å². The van der Waals surface area contributed by atoms with Crippen LogP contribution in [0.25, 0.3) is 11.3 Å². The van der Waals surface area contributed by atoms with Crippen molar-refractivity contribution in [3.8, 4) is 11.3 Å². The summed E-state index contributed by atoms with van der Waals surface area (Å²) in [6.07, 6.45) is 0. The van der Waals surface area contributed by atoms with E-state index < -0.39 is 10.0 Å². The average Bonchev–Trinajstić information content (AvgIpc) is 2.97. The molecule has 2 heterocycles. The average molecular weight is 382 g/mol. The first kappa shape index (κ1) is 16.7. The molecule has 0 radical (unpaired) electrons. The molecule has 0 amide bonds. The minimum absolute atomic E-state index is 0.137. The summed E-state index contributed by atoms with van der Waals surface area (Å²) in [7, 11) is -2.14. The molecule has 0 aliphatic rings. The Balaban J connectivity index is 1.93. The van der Waals surface area contributed by atoms with Gasteiger partial charge >= 0.3 is 0 Å². The van der Waals surface area contributed by atoms with E-state index in [2.05, 4.69) is 9.82 Å². The van der Waals surface area contributed by atoms with Crippen molar-refractivity contribution < 1.29 is 8.42 Å². The summed E-state index contributed by atoms with van der Waals surface area (Å²) in [4.78, 5) is 11.4. The second-order valence-electron chi connectivity index (χ2n) is 4.93. The third-order valence-electron chi connectivity index (χ3n) is 3.18. The van der Waals surface area contributed by atoms with Crippen LogP contribution in [-0.4, -0.2) is 18.2 Å². The zero-order chi connectivity index (χ0) is 17.3. The van der Waals surface area contributed by atoms with Crippen LogP contribution in [0.2, 0.25) is 4.34 Å². The molecule has 1 N–H and O–H groups in total. The standard InChI is InChI=1S/C15H12ClN3O3S2/c1-19-14(20)7-5-12(17-19)10-3-2-4-11(9-10)18-24(21,22)15-8-6-13(16)23-15/h2-9,18H,1H3. The zero-order valence-electron chi connectivity index (χ0n) is 12.4. The Morgan fingerprint density at radius 1 is 1.17 bits per heavy atom. The first-order valence-corrected chi connectivity index (χ1v) is 9.46. The van der Waals surface area contributed by atoms with Crippen LogP contribution in [0, 0.1) is 0 Å². The largest absolute Gasteiger partial charge is 0.279 e. The molecule has 0 saturated heterocycles. The summed E-state index contributed by atoms with van der Waals surface area (Å²) in [5.41, 5.74) is 1.44. The van der Waals surface area contributed by atoms with Gasteiger partial charge in [0.15, 0.2) is 0 Å². The van der Waals surface area contributed by atoms with Crippen LogP contribution in [0.4, 0.5) is 5.69 Å². The predicted octanol–water partition coefficient (Wildman–Crippen LogP) is 2.96. The van der Waals surface area contributed by atoms with Gasteiger partial charge in [0.1, 0.15) is 4.21 Å². The van der Waals surface area contributed by atoms with Crippen LogP contribution < -0.4 is 10.3 Å². The molecule has 0 unspecified atom stereocenters. The van der Waals surface area contributed by atoms with Crippen molar-refractivity contribution in [2.45, 2.75) is 4.21 Å². The molecule has 3 aromatic rings. The Hall–Kier alpha value is -2.16. The first-order chi connectivity index (χ1) is 11.3. The third-order valence-corrected chi connectivity index (χ3v) is 6.29. The highest BCUT2D eigenvalue weighted by atomic mass is 35.5. The number of sulfonamides is 1. The molecule has 0 saturated carbocycles. The van der Waals surface area contributed by atoms with E-state index >= 15 is 0 Å². The molecule has 0 aliphatic heterocycles. The third kappa shape index (κ3) is 3.50. The van der Waals surface area contributed by atoms with Crippen molar-refractivity contribution in [2.24, 2.45) is 7.05 Å². The number of aryl methyl sites for hydroxylation is 1. The number of anilines is 1. The molecule has 6 nitrogen and oxygen atoms in total. The fourth-order valence-electron chi connectivity index (χ4n) is 2.05. The minimum Gasteiger partial charge on any atom is -0.279 e. The molecule has 1 aromatic carbocycles. The van der Waals surface area contributed by atoms with Crippen molar-refractivity contribution in [3.63, 3.8) is 0 Å². The van der Waals surface area contributed by atoms with Crippen molar-refractivity contribution >= 4 is 38.6 Å². The molecule has 24 heavy (non-hydrogen) atoms. The van der Waals surface area contributed by atoms with E-state index in [1.54, 1.807) is 37.4 Å². The van der Waals surface area contributed by atoms with Crippen LogP contribution in [0.5, 0.6) is 0 Å². The lowest BCUT2D eigenvalue weighted by Gasteiger charge is -2.08. The molecule has 9 heteroatoms. The van der Waals surface area contributed by atoms with Crippen LogP contribution in [-0.2, 0) is 17.1 Å². The fourth-order valence-corrected chi connectivity index (χ4v) is 4.58. The van der Waals surface area contributed by atoms with E-state index in [1.807, 2.05) is 0 Å². The van der Waals surface area contributed by atoms with Crippen molar-refractivity contribution in [1.29, 1.82) is 0 Å². The van der Waals surface area contributed by atoms with Crippen LogP contribution in [0.1, 0.15) is 0 Å². The number of halogens is 1. The highest BCUT2D eigenvalue weighted by Crippen LogP contribution is 2.28. The van der Waals surface area contributed by atoms with E-state index in [1.165, 1.54) is 22.9 Å². The number of nitrogens with one attached hydrogen (secondary N) is 1. The van der Waals surface area contributed by atoms with Crippen LogP contribution >= 0.6 is 22.9 Å². The summed E-state index contributed by atoms with van der Waals surface area (Å²) in [5.74, 6) is 0. The summed E-state index contributed by atoms with van der Waals surface area (Å²) < 4.78 is 29.0. The topological polar surface area (TPSA) is 81.1 Å². The maximum absolute atomic E-state index is 12.3. The normalized spacial score (nSPS) is 11.4. The number of aromatic nitrogens is 2. The Morgan fingerprint density at radius 2 is 1.96 bits per heavy atom. The predicted molar refractivity (Wildman–Crippen MR) is 95.1 cm³/mol. The summed E-state index contributed by atoms with van der Waals surface area (Å²) in [6, 6.07) is 12.8. The summed E-state index contributed by atoms with van der Waals surface area (Å²) >= 11 is 6.78.